The topological polar surface area (TPSA) is 42.9 Å². The van der Waals surface area contributed by atoms with E-state index >= 15 is 0 Å². The van der Waals surface area contributed by atoms with Crippen molar-refractivity contribution in [2.45, 2.75) is 27.2 Å². The van der Waals surface area contributed by atoms with Crippen molar-refractivity contribution in [1.29, 1.82) is 0 Å². The van der Waals surface area contributed by atoms with Crippen LogP contribution in [-0.2, 0) is 11.2 Å². The van der Waals surface area contributed by atoms with Crippen LogP contribution in [0.1, 0.15) is 25.2 Å². The normalized spacial score (nSPS) is 10.5. The fourth-order valence-corrected chi connectivity index (χ4v) is 0.903. The molecule has 0 saturated heterocycles. The number of aromatic nitrogens is 2. The van der Waals surface area contributed by atoms with Gasteiger partial charge in [-0.3, -0.25) is 4.79 Å². The van der Waals surface area contributed by atoms with Gasteiger partial charge in [-0.2, -0.15) is 10.2 Å². The van der Waals surface area contributed by atoms with E-state index in [-0.39, 0.29) is 11.7 Å². The number of hydrogen-bond donors (Lipinski definition) is 0. The molecule has 0 fully saturated rings. The van der Waals surface area contributed by atoms with Crippen molar-refractivity contribution in [2.24, 2.45) is 5.92 Å². The van der Waals surface area contributed by atoms with E-state index in [1.165, 1.54) is 0 Å². The maximum absolute atomic E-state index is 11.3. The summed E-state index contributed by atoms with van der Waals surface area (Å²) in [5.41, 5.74) is 1.63. The number of ketones is 1. The Kier molecular flexibility index (Phi) is 3.12. The molecule has 0 unspecified atom stereocenters. The van der Waals surface area contributed by atoms with Gasteiger partial charge in [0.1, 0.15) is 5.78 Å². The Morgan fingerprint density at radius 3 is 2.54 bits per heavy atom. The third-order valence-corrected chi connectivity index (χ3v) is 1.85. The van der Waals surface area contributed by atoms with Gasteiger partial charge in [-0.1, -0.05) is 13.8 Å². The zero-order chi connectivity index (χ0) is 9.84. The first kappa shape index (κ1) is 9.84. The lowest BCUT2D eigenvalue weighted by Crippen LogP contribution is -2.11. The Bertz CT molecular complexity index is 290. The van der Waals surface area contributed by atoms with Gasteiger partial charge < -0.3 is 0 Å². The van der Waals surface area contributed by atoms with Gasteiger partial charge in [0.15, 0.2) is 0 Å². The van der Waals surface area contributed by atoms with Crippen molar-refractivity contribution in [3.05, 3.63) is 23.5 Å². The lowest BCUT2D eigenvalue weighted by atomic mass is 10.0. The molecule has 3 heteroatoms. The van der Waals surface area contributed by atoms with Gasteiger partial charge in [0.25, 0.3) is 0 Å². The molecule has 0 radical (unpaired) electrons. The van der Waals surface area contributed by atoms with Gasteiger partial charge >= 0.3 is 0 Å². The Labute approximate surface area is 78.2 Å². The Hall–Kier alpha value is -1.25. The van der Waals surface area contributed by atoms with Crippen LogP contribution >= 0.6 is 0 Å². The summed E-state index contributed by atoms with van der Waals surface area (Å²) in [4.78, 5) is 11.3. The summed E-state index contributed by atoms with van der Waals surface area (Å²) in [6, 6.07) is 3.72. The highest BCUT2D eigenvalue weighted by molar-refractivity contribution is 5.82. The summed E-state index contributed by atoms with van der Waals surface area (Å²) in [6.45, 7) is 5.66. The van der Waals surface area contributed by atoms with Crippen molar-refractivity contribution < 1.29 is 4.79 Å². The zero-order valence-corrected chi connectivity index (χ0v) is 8.24. The second-order valence-corrected chi connectivity index (χ2v) is 3.46. The van der Waals surface area contributed by atoms with E-state index in [2.05, 4.69) is 10.2 Å². The molecule has 1 heterocycles. The van der Waals surface area contributed by atoms with Crippen molar-refractivity contribution in [3.63, 3.8) is 0 Å². The molecular formula is C10H14N2O. The molecule has 0 aromatic carbocycles. The third kappa shape index (κ3) is 2.93. The fourth-order valence-electron chi connectivity index (χ4n) is 0.903. The average Bonchev–Trinajstić information content (AvgIpc) is 2.08. The predicted molar refractivity (Wildman–Crippen MR) is 50.3 cm³/mol. The second-order valence-electron chi connectivity index (χ2n) is 3.46. The summed E-state index contributed by atoms with van der Waals surface area (Å²) < 4.78 is 0. The lowest BCUT2D eigenvalue weighted by molar-refractivity contribution is -0.121. The van der Waals surface area contributed by atoms with Crippen molar-refractivity contribution >= 4 is 5.78 Å². The van der Waals surface area contributed by atoms with E-state index in [0.717, 1.165) is 11.4 Å². The van der Waals surface area contributed by atoms with Crippen molar-refractivity contribution in [2.75, 3.05) is 0 Å². The maximum Gasteiger partial charge on any atom is 0.141 e. The SMILES string of the molecule is Cc1ccc(CC(=O)C(C)C)nn1. The molecule has 0 aliphatic heterocycles. The molecule has 0 amide bonds. The molecule has 13 heavy (non-hydrogen) atoms. The van der Waals surface area contributed by atoms with Gasteiger partial charge in [-0.15, -0.1) is 0 Å². The molecule has 0 atom stereocenters. The highest BCUT2D eigenvalue weighted by Gasteiger charge is 2.08. The highest BCUT2D eigenvalue weighted by Crippen LogP contribution is 2.02. The van der Waals surface area contributed by atoms with Gasteiger partial charge in [0, 0.05) is 5.92 Å². The molecular weight excluding hydrogens is 164 g/mol. The molecule has 3 nitrogen and oxygen atoms in total. The quantitative estimate of drug-likeness (QED) is 0.705. The van der Waals surface area contributed by atoms with Crippen LogP contribution in [0, 0.1) is 12.8 Å². The molecule has 0 spiro atoms. The standard InChI is InChI=1S/C10H14N2O/c1-7(2)10(13)6-9-5-4-8(3)11-12-9/h4-5,7H,6H2,1-3H3. The first-order chi connectivity index (χ1) is 6.09. The number of nitrogens with zero attached hydrogens (tertiary/aromatic N) is 2. The van der Waals surface area contributed by atoms with E-state index < -0.39 is 0 Å². The van der Waals surface area contributed by atoms with E-state index in [1.54, 1.807) is 0 Å². The Morgan fingerprint density at radius 1 is 1.38 bits per heavy atom. The summed E-state index contributed by atoms with van der Waals surface area (Å²) in [7, 11) is 0. The Morgan fingerprint density at radius 2 is 2.08 bits per heavy atom. The van der Waals surface area contributed by atoms with Gasteiger partial charge in [0.05, 0.1) is 17.8 Å². The number of carbonyl (C=O) groups is 1. The number of carbonyl (C=O) groups excluding carboxylic acids is 1. The van der Waals surface area contributed by atoms with Crippen LogP contribution in [0.25, 0.3) is 0 Å². The molecule has 0 N–H and O–H groups in total. The van der Waals surface area contributed by atoms with Crippen LogP contribution in [0.2, 0.25) is 0 Å². The minimum atomic E-state index is 0.0723. The van der Waals surface area contributed by atoms with Crippen LogP contribution in [-0.4, -0.2) is 16.0 Å². The van der Waals surface area contributed by atoms with E-state index in [1.807, 2.05) is 32.9 Å². The maximum atomic E-state index is 11.3. The zero-order valence-electron chi connectivity index (χ0n) is 8.24. The monoisotopic (exact) mass is 178 g/mol. The van der Waals surface area contributed by atoms with Crippen LogP contribution in [0.5, 0.6) is 0 Å². The van der Waals surface area contributed by atoms with Gasteiger partial charge in [0.2, 0.25) is 0 Å². The molecule has 1 aromatic rings. The van der Waals surface area contributed by atoms with Crippen LogP contribution in [0.15, 0.2) is 12.1 Å². The molecule has 0 aliphatic rings. The number of rotatable bonds is 3. The summed E-state index contributed by atoms with van der Waals surface area (Å²) in [6.07, 6.45) is 0.394. The van der Waals surface area contributed by atoms with E-state index in [4.69, 9.17) is 0 Å². The molecule has 0 saturated carbocycles. The van der Waals surface area contributed by atoms with Crippen LogP contribution in [0.4, 0.5) is 0 Å². The van der Waals surface area contributed by atoms with Crippen LogP contribution < -0.4 is 0 Å². The molecule has 1 aromatic heterocycles. The summed E-state index contributed by atoms with van der Waals surface area (Å²) in [5, 5.41) is 7.82. The molecule has 0 bridgehead atoms. The van der Waals surface area contributed by atoms with Crippen LogP contribution in [0.3, 0.4) is 0 Å². The molecule has 70 valence electrons. The van der Waals surface area contributed by atoms with Gasteiger partial charge in [-0.25, -0.2) is 0 Å². The largest absolute Gasteiger partial charge is 0.299 e. The fraction of sp³-hybridized carbons (Fsp3) is 0.500. The van der Waals surface area contributed by atoms with Crippen molar-refractivity contribution in [3.8, 4) is 0 Å². The molecule has 1 rings (SSSR count). The Balaban J connectivity index is 2.65. The third-order valence-electron chi connectivity index (χ3n) is 1.85. The lowest BCUT2D eigenvalue weighted by Gasteiger charge is -2.02. The number of hydrogen-bond acceptors (Lipinski definition) is 3. The minimum Gasteiger partial charge on any atom is -0.299 e. The van der Waals surface area contributed by atoms with E-state index in [0.29, 0.717) is 6.42 Å². The average molecular weight is 178 g/mol. The second kappa shape index (κ2) is 4.12. The number of Topliss-reactive ketones (excluding diaryl/α,β-unsaturated/α-hetero) is 1. The highest BCUT2D eigenvalue weighted by atomic mass is 16.1. The summed E-state index contributed by atoms with van der Waals surface area (Å²) >= 11 is 0. The van der Waals surface area contributed by atoms with Gasteiger partial charge in [-0.05, 0) is 19.1 Å². The first-order valence-electron chi connectivity index (χ1n) is 4.41. The smallest absolute Gasteiger partial charge is 0.141 e. The van der Waals surface area contributed by atoms with Crippen molar-refractivity contribution in [1.82, 2.24) is 10.2 Å². The minimum absolute atomic E-state index is 0.0723. The van der Waals surface area contributed by atoms with E-state index in [9.17, 15) is 4.79 Å². The number of aryl methyl sites for hydroxylation is 1. The first-order valence-corrected chi connectivity index (χ1v) is 4.41. The predicted octanol–water partition coefficient (Wildman–Crippen LogP) is 1.55. The summed E-state index contributed by atoms with van der Waals surface area (Å²) in [5.74, 6) is 0.279. The molecule has 0 aliphatic carbocycles.